The van der Waals surface area contributed by atoms with Gasteiger partial charge in [0.25, 0.3) is 0 Å². The number of aromatic hydroxyl groups is 1. The molecule has 0 radical (unpaired) electrons. The highest BCUT2D eigenvalue weighted by Crippen LogP contribution is 2.37. The molecule has 0 saturated carbocycles. The molecule has 3 N–H and O–H groups in total. The van der Waals surface area contributed by atoms with Crippen LogP contribution in [0.4, 0.5) is 0 Å². The van der Waals surface area contributed by atoms with Crippen molar-refractivity contribution < 1.29 is 24.9 Å². The molecule has 1 rings (SSSR count). The minimum absolute atomic E-state index is 0.00839. The van der Waals surface area contributed by atoms with Gasteiger partial charge >= 0.3 is 11.9 Å². The molecule has 0 fully saturated rings. The lowest BCUT2D eigenvalue weighted by Crippen LogP contribution is -2.32. The maximum absolute atomic E-state index is 11.7. The van der Waals surface area contributed by atoms with E-state index in [0.29, 0.717) is 16.8 Å². The third-order valence-electron chi connectivity index (χ3n) is 4.59. The van der Waals surface area contributed by atoms with Crippen LogP contribution in [0.3, 0.4) is 0 Å². The Morgan fingerprint density at radius 1 is 1.08 bits per heavy atom. The standard InChI is InChI=1S/C20H23NO5/c1-6-8-19(4,17(23)24)10-14-12-21-13(3)16(22)15(14)11-20(5,9-7-2)18(25)26/h1-2,12,22H,8-11H2,3-5H3,(H,23,24)(H,25,26). The molecule has 0 aromatic carbocycles. The van der Waals surface area contributed by atoms with Crippen LogP contribution in [0.25, 0.3) is 0 Å². The Balaban J connectivity index is 3.47. The average molecular weight is 357 g/mol. The van der Waals surface area contributed by atoms with E-state index < -0.39 is 22.8 Å². The van der Waals surface area contributed by atoms with Gasteiger partial charge in [0.15, 0.2) is 0 Å². The van der Waals surface area contributed by atoms with E-state index in [0.717, 1.165) is 0 Å². The van der Waals surface area contributed by atoms with Crippen LogP contribution in [-0.2, 0) is 22.4 Å². The number of carboxylic acids is 2. The van der Waals surface area contributed by atoms with E-state index in [1.807, 2.05) is 0 Å². The maximum atomic E-state index is 11.7. The summed E-state index contributed by atoms with van der Waals surface area (Å²) in [5.41, 5.74) is -1.47. The van der Waals surface area contributed by atoms with Crippen molar-refractivity contribution in [3.63, 3.8) is 0 Å². The van der Waals surface area contributed by atoms with Crippen LogP contribution in [0.2, 0.25) is 0 Å². The zero-order chi connectivity index (χ0) is 20.1. The molecule has 0 bridgehead atoms. The van der Waals surface area contributed by atoms with E-state index in [9.17, 15) is 24.9 Å². The summed E-state index contributed by atoms with van der Waals surface area (Å²) in [5.74, 6) is 2.38. The van der Waals surface area contributed by atoms with E-state index in [2.05, 4.69) is 16.8 Å². The molecule has 138 valence electrons. The summed E-state index contributed by atoms with van der Waals surface area (Å²) in [4.78, 5) is 27.5. The van der Waals surface area contributed by atoms with Crippen LogP contribution in [-0.4, -0.2) is 32.2 Å². The van der Waals surface area contributed by atoms with Gasteiger partial charge in [0, 0.05) is 24.6 Å². The summed E-state index contributed by atoms with van der Waals surface area (Å²) in [6.07, 6.45) is 12.0. The summed E-state index contributed by atoms with van der Waals surface area (Å²) in [5, 5.41) is 29.6. The van der Waals surface area contributed by atoms with Gasteiger partial charge in [-0.15, -0.1) is 24.7 Å². The number of pyridine rings is 1. The molecule has 0 spiro atoms. The normalized spacial score (nSPS) is 15.1. The highest BCUT2D eigenvalue weighted by atomic mass is 16.4. The van der Waals surface area contributed by atoms with Gasteiger partial charge < -0.3 is 15.3 Å². The van der Waals surface area contributed by atoms with Crippen LogP contribution in [0, 0.1) is 42.4 Å². The van der Waals surface area contributed by atoms with Crippen LogP contribution < -0.4 is 0 Å². The van der Waals surface area contributed by atoms with Gasteiger partial charge in [0.1, 0.15) is 5.75 Å². The molecule has 6 nitrogen and oxygen atoms in total. The number of terminal acetylenes is 2. The van der Waals surface area contributed by atoms with Gasteiger partial charge in [-0.3, -0.25) is 14.6 Å². The van der Waals surface area contributed by atoms with Crippen LogP contribution in [0.1, 0.15) is 43.5 Å². The minimum Gasteiger partial charge on any atom is -0.506 e. The molecule has 26 heavy (non-hydrogen) atoms. The smallest absolute Gasteiger partial charge is 0.310 e. The Bertz CT molecular complexity index is 802. The molecular weight excluding hydrogens is 334 g/mol. The second kappa shape index (κ2) is 7.93. The zero-order valence-electron chi connectivity index (χ0n) is 15.2. The van der Waals surface area contributed by atoms with Crippen molar-refractivity contribution in [3.05, 3.63) is 23.0 Å². The molecule has 0 aliphatic carbocycles. The van der Waals surface area contributed by atoms with E-state index in [1.165, 1.54) is 20.0 Å². The SMILES string of the molecule is C#CCC(C)(Cc1cnc(C)c(O)c1CC(C)(CC#C)C(=O)O)C(=O)O. The molecule has 1 aromatic heterocycles. The molecule has 0 aliphatic rings. The number of carboxylic acid groups (broad SMARTS) is 2. The fourth-order valence-corrected chi connectivity index (χ4v) is 2.72. The lowest BCUT2D eigenvalue weighted by Gasteiger charge is -2.27. The van der Waals surface area contributed by atoms with Gasteiger partial charge in [-0.05, 0) is 39.2 Å². The van der Waals surface area contributed by atoms with Crippen LogP contribution in [0.15, 0.2) is 6.20 Å². The van der Waals surface area contributed by atoms with Crippen molar-refractivity contribution in [2.75, 3.05) is 0 Å². The number of carbonyl (C=O) groups is 2. The predicted octanol–water partition coefficient (Wildman–Crippen LogP) is 2.41. The molecule has 0 saturated heterocycles. The lowest BCUT2D eigenvalue weighted by molar-refractivity contribution is -0.148. The molecule has 2 atom stereocenters. The summed E-state index contributed by atoms with van der Waals surface area (Å²) in [6.45, 7) is 4.58. The van der Waals surface area contributed by atoms with Crippen LogP contribution in [0.5, 0.6) is 5.75 Å². The largest absolute Gasteiger partial charge is 0.506 e. The van der Waals surface area contributed by atoms with Gasteiger partial charge in [0.05, 0.1) is 16.5 Å². The number of aromatic nitrogens is 1. The first kappa shape index (κ1) is 21.1. The monoisotopic (exact) mass is 357 g/mol. The first-order valence-electron chi connectivity index (χ1n) is 8.01. The number of aryl methyl sites for hydroxylation is 1. The maximum Gasteiger partial charge on any atom is 0.310 e. The Morgan fingerprint density at radius 2 is 1.54 bits per heavy atom. The van der Waals surface area contributed by atoms with Gasteiger partial charge in [-0.1, -0.05) is 0 Å². The van der Waals surface area contributed by atoms with Crippen molar-refractivity contribution in [1.29, 1.82) is 0 Å². The zero-order valence-corrected chi connectivity index (χ0v) is 15.2. The Hall–Kier alpha value is -2.99. The van der Waals surface area contributed by atoms with Gasteiger partial charge in [0.2, 0.25) is 0 Å². The fourth-order valence-electron chi connectivity index (χ4n) is 2.72. The number of hydrogen-bond donors (Lipinski definition) is 3. The Labute approximate surface area is 153 Å². The molecule has 1 heterocycles. The topological polar surface area (TPSA) is 108 Å². The van der Waals surface area contributed by atoms with Crippen molar-refractivity contribution in [2.24, 2.45) is 10.8 Å². The first-order valence-corrected chi connectivity index (χ1v) is 8.01. The van der Waals surface area contributed by atoms with E-state index in [1.54, 1.807) is 6.92 Å². The summed E-state index contributed by atoms with van der Waals surface area (Å²) >= 11 is 0. The number of hydrogen-bond acceptors (Lipinski definition) is 4. The fraction of sp³-hybridized carbons (Fsp3) is 0.450. The molecule has 2 unspecified atom stereocenters. The second-order valence-electron chi connectivity index (χ2n) is 7.04. The molecule has 0 amide bonds. The van der Waals surface area contributed by atoms with E-state index in [4.69, 9.17) is 12.8 Å². The number of nitrogens with zero attached hydrogens (tertiary/aromatic N) is 1. The summed E-state index contributed by atoms with van der Waals surface area (Å²) < 4.78 is 0. The molecule has 0 aliphatic heterocycles. The number of aliphatic carboxylic acids is 2. The van der Waals surface area contributed by atoms with Gasteiger partial charge in [-0.25, -0.2) is 0 Å². The van der Waals surface area contributed by atoms with Gasteiger partial charge in [-0.2, -0.15) is 0 Å². The second-order valence-corrected chi connectivity index (χ2v) is 7.04. The van der Waals surface area contributed by atoms with Crippen LogP contribution >= 0.6 is 0 Å². The minimum atomic E-state index is -1.31. The van der Waals surface area contributed by atoms with Crippen molar-refractivity contribution in [1.82, 2.24) is 4.98 Å². The lowest BCUT2D eigenvalue weighted by atomic mass is 9.76. The quantitative estimate of drug-likeness (QED) is 0.617. The highest BCUT2D eigenvalue weighted by molar-refractivity contribution is 5.76. The number of rotatable bonds is 8. The predicted molar refractivity (Wildman–Crippen MR) is 96.4 cm³/mol. The van der Waals surface area contributed by atoms with Crippen molar-refractivity contribution in [2.45, 2.75) is 46.5 Å². The molecule has 1 aromatic rings. The summed E-state index contributed by atoms with van der Waals surface area (Å²) in [6, 6.07) is 0. The third-order valence-corrected chi connectivity index (χ3v) is 4.59. The first-order chi connectivity index (χ1) is 12.0. The average Bonchev–Trinajstić information content (AvgIpc) is 2.54. The highest BCUT2D eigenvalue weighted by Gasteiger charge is 2.37. The third kappa shape index (κ3) is 4.34. The Morgan fingerprint density at radius 3 is 1.96 bits per heavy atom. The Kier molecular flexibility index (Phi) is 6.42. The summed E-state index contributed by atoms with van der Waals surface area (Å²) in [7, 11) is 0. The van der Waals surface area contributed by atoms with E-state index >= 15 is 0 Å². The molecule has 6 heteroatoms. The van der Waals surface area contributed by atoms with Crippen molar-refractivity contribution >= 4 is 11.9 Å². The molecular formula is C20H23NO5. The van der Waals surface area contributed by atoms with Crippen molar-refractivity contribution in [3.8, 4) is 30.4 Å². The van der Waals surface area contributed by atoms with E-state index in [-0.39, 0.29) is 31.4 Å².